The molecule has 0 spiro atoms. The Balaban J connectivity index is 1.21. The number of rotatable bonds is 6. The molecule has 3 heterocycles. The Morgan fingerprint density at radius 2 is 1.67 bits per heavy atom. The van der Waals surface area contributed by atoms with Crippen LogP contribution in [0.3, 0.4) is 0 Å². The molecule has 4 aromatic rings. The fraction of sp³-hybridized carbons (Fsp3) is 0.174. The zero-order valence-electron chi connectivity index (χ0n) is 17.8. The van der Waals surface area contributed by atoms with Gasteiger partial charge in [-0.2, -0.15) is 15.0 Å². The normalized spacial score (nSPS) is 13.5. The molecule has 1 aliphatic heterocycles. The molecule has 2 aromatic heterocycles. The first-order chi connectivity index (χ1) is 16.2. The minimum atomic E-state index is -0.332. The van der Waals surface area contributed by atoms with Crippen molar-refractivity contribution in [2.75, 3.05) is 41.8 Å². The third-order valence-corrected chi connectivity index (χ3v) is 5.14. The molecule has 1 amide bonds. The molecule has 10 heteroatoms. The van der Waals surface area contributed by atoms with Crippen molar-refractivity contribution >= 4 is 28.8 Å². The minimum absolute atomic E-state index is 0.233. The molecule has 0 unspecified atom stereocenters. The van der Waals surface area contributed by atoms with Crippen molar-refractivity contribution in [1.29, 1.82) is 0 Å². The Labute approximate surface area is 190 Å². The number of ether oxygens (including phenoxy) is 1. The SMILES string of the molecule is O=C(Nc1ccc(Nc2cc(N3CCOCC3)cnn2)cc1)c1cnn(-c2ccccc2)n1. The van der Waals surface area contributed by atoms with Gasteiger partial charge < -0.3 is 20.3 Å². The highest BCUT2D eigenvalue weighted by Crippen LogP contribution is 2.22. The van der Waals surface area contributed by atoms with Gasteiger partial charge in [0.05, 0.1) is 37.0 Å². The lowest BCUT2D eigenvalue weighted by molar-refractivity contribution is 0.102. The van der Waals surface area contributed by atoms with Crippen LogP contribution in [0.5, 0.6) is 0 Å². The second-order valence-electron chi connectivity index (χ2n) is 7.41. The van der Waals surface area contributed by atoms with Crippen LogP contribution >= 0.6 is 0 Å². The third-order valence-electron chi connectivity index (χ3n) is 5.14. The Morgan fingerprint density at radius 3 is 2.45 bits per heavy atom. The van der Waals surface area contributed by atoms with Gasteiger partial charge in [0, 0.05) is 30.5 Å². The first-order valence-corrected chi connectivity index (χ1v) is 10.6. The van der Waals surface area contributed by atoms with E-state index in [1.807, 2.05) is 48.5 Å². The first kappa shape index (κ1) is 20.6. The van der Waals surface area contributed by atoms with Crippen molar-refractivity contribution in [2.24, 2.45) is 0 Å². The van der Waals surface area contributed by atoms with E-state index < -0.39 is 0 Å². The van der Waals surface area contributed by atoms with Crippen LogP contribution in [0.2, 0.25) is 0 Å². The fourth-order valence-corrected chi connectivity index (χ4v) is 3.44. The molecule has 33 heavy (non-hydrogen) atoms. The Bertz CT molecular complexity index is 1220. The molecule has 0 radical (unpaired) electrons. The maximum absolute atomic E-state index is 12.5. The molecular formula is C23H22N8O2. The van der Waals surface area contributed by atoms with Crippen molar-refractivity contribution < 1.29 is 9.53 Å². The van der Waals surface area contributed by atoms with E-state index in [4.69, 9.17) is 4.74 Å². The number of morpholine rings is 1. The summed E-state index contributed by atoms with van der Waals surface area (Å²) >= 11 is 0. The lowest BCUT2D eigenvalue weighted by Crippen LogP contribution is -2.36. The third kappa shape index (κ3) is 4.96. The van der Waals surface area contributed by atoms with E-state index in [-0.39, 0.29) is 11.6 Å². The summed E-state index contributed by atoms with van der Waals surface area (Å²) in [5.41, 5.74) is 3.50. The van der Waals surface area contributed by atoms with E-state index in [1.54, 1.807) is 18.3 Å². The highest BCUT2D eigenvalue weighted by Gasteiger charge is 2.13. The number of hydrogen-bond acceptors (Lipinski definition) is 8. The second-order valence-corrected chi connectivity index (χ2v) is 7.41. The number of nitrogens with zero attached hydrogens (tertiary/aromatic N) is 6. The molecule has 0 bridgehead atoms. The van der Waals surface area contributed by atoms with Gasteiger partial charge in [-0.1, -0.05) is 18.2 Å². The largest absolute Gasteiger partial charge is 0.378 e. The van der Waals surface area contributed by atoms with Crippen LogP contribution in [-0.4, -0.2) is 57.4 Å². The average molecular weight is 442 g/mol. The van der Waals surface area contributed by atoms with Gasteiger partial charge in [-0.15, -0.1) is 10.2 Å². The van der Waals surface area contributed by atoms with Gasteiger partial charge in [0.15, 0.2) is 11.5 Å². The van der Waals surface area contributed by atoms with E-state index in [9.17, 15) is 4.79 Å². The van der Waals surface area contributed by atoms with Crippen LogP contribution in [0.1, 0.15) is 10.5 Å². The van der Waals surface area contributed by atoms with Gasteiger partial charge in [-0.3, -0.25) is 4.79 Å². The predicted octanol–water partition coefficient (Wildman–Crippen LogP) is 2.89. The molecule has 2 aromatic carbocycles. The number of anilines is 4. The van der Waals surface area contributed by atoms with Gasteiger partial charge in [-0.25, -0.2) is 0 Å². The Morgan fingerprint density at radius 1 is 0.909 bits per heavy atom. The van der Waals surface area contributed by atoms with Crippen molar-refractivity contribution in [1.82, 2.24) is 25.2 Å². The standard InChI is InChI=1S/C23H22N8O2/c32-23(21-16-25-31(29-21)19-4-2-1-3-5-19)27-18-8-6-17(7-9-18)26-22-14-20(15-24-28-22)30-10-12-33-13-11-30/h1-9,14-16H,10-13H2,(H,26,28)(H,27,32). The molecule has 0 saturated carbocycles. The second kappa shape index (κ2) is 9.45. The summed E-state index contributed by atoms with van der Waals surface area (Å²) in [7, 11) is 0. The molecule has 1 saturated heterocycles. The number of para-hydroxylation sites is 1. The zero-order chi connectivity index (χ0) is 22.5. The van der Waals surface area contributed by atoms with Crippen LogP contribution in [0.25, 0.3) is 5.69 Å². The Hall–Kier alpha value is -4.31. The van der Waals surface area contributed by atoms with Crippen molar-refractivity contribution in [2.45, 2.75) is 0 Å². The summed E-state index contributed by atoms with van der Waals surface area (Å²) in [5, 5.41) is 22.8. The lowest BCUT2D eigenvalue weighted by Gasteiger charge is -2.28. The average Bonchev–Trinajstić information content (AvgIpc) is 3.37. The highest BCUT2D eigenvalue weighted by molar-refractivity contribution is 6.02. The maximum Gasteiger partial charge on any atom is 0.277 e. The van der Waals surface area contributed by atoms with E-state index in [1.165, 1.54) is 11.0 Å². The van der Waals surface area contributed by atoms with Crippen LogP contribution in [0.4, 0.5) is 22.9 Å². The van der Waals surface area contributed by atoms with E-state index in [0.717, 1.165) is 30.2 Å². The lowest BCUT2D eigenvalue weighted by atomic mass is 10.2. The molecule has 5 rings (SSSR count). The molecule has 1 fully saturated rings. The number of carbonyl (C=O) groups excluding carboxylic acids is 1. The highest BCUT2D eigenvalue weighted by atomic mass is 16.5. The van der Waals surface area contributed by atoms with E-state index in [2.05, 4.69) is 35.9 Å². The van der Waals surface area contributed by atoms with Crippen LogP contribution < -0.4 is 15.5 Å². The van der Waals surface area contributed by atoms with Gasteiger partial charge in [0.2, 0.25) is 0 Å². The van der Waals surface area contributed by atoms with Crippen LogP contribution in [0.15, 0.2) is 73.1 Å². The van der Waals surface area contributed by atoms with Crippen LogP contribution in [0, 0.1) is 0 Å². The van der Waals surface area contributed by atoms with E-state index in [0.29, 0.717) is 24.7 Å². The summed E-state index contributed by atoms with van der Waals surface area (Å²) in [6, 6.07) is 18.7. The molecule has 10 nitrogen and oxygen atoms in total. The summed E-state index contributed by atoms with van der Waals surface area (Å²) < 4.78 is 5.40. The van der Waals surface area contributed by atoms with Gasteiger partial charge in [0.1, 0.15) is 0 Å². The summed E-state index contributed by atoms with van der Waals surface area (Å²) in [4.78, 5) is 16.2. The molecule has 0 aliphatic carbocycles. The van der Waals surface area contributed by atoms with Gasteiger partial charge >= 0.3 is 0 Å². The number of hydrogen-bond donors (Lipinski definition) is 2. The summed E-state index contributed by atoms with van der Waals surface area (Å²) in [5.74, 6) is 0.315. The number of benzene rings is 2. The van der Waals surface area contributed by atoms with Crippen molar-refractivity contribution in [3.05, 3.63) is 78.8 Å². The Kier molecular flexibility index (Phi) is 5.89. The fourth-order valence-electron chi connectivity index (χ4n) is 3.44. The minimum Gasteiger partial charge on any atom is -0.378 e. The monoisotopic (exact) mass is 442 g/mol. The molecule has 166 valence electrons. The number of amides is 1. The van der Waals surface area contributed by atoms with Crippen LogP contribution in [-0.2, 0) is 4.74 Å². The summed E-state index contributed by atoms with van der Waals surface area (Å²) in [6.45, 7) is 3.08. The van der Waals surface area contributed by atoms with Gasteiger partial charge in [0.25, 0.3) is 5.91 Å². The quantitative estimate of drug-likeness (QED) is 0.469. The first-order valence-electron chi connectivity index (χ1n) is 10.6. The number of nitrogens with one attached hydrogen (secondary N) is 2. The molecule has 0 atom stereocenters. The van der Waals surface area contributed by atoms with Crippen molar-refractivity contribution in [3.63, 3.8) is 0 Å². The molecule has 1 aliphatic rings. The topological polar surface area (TPSA) is 110 Å². The molecule has 2 N–H and O–H groups in total. The smallest absolute Gasteiger partial charge is 0.277 e. The summed E-state index contributed by atoms with van der Waals surface area (Å²) in [6.07, 6.45) is 3.20. The van der Waals surface area contributed by atoms with E-state index >= 15 is 0 Å². The number of aromatic nitrogens is 5. The predicted molar refractivity (Wildman–Crippen MR) is 124 cm³/mol. The maximum atomic E-state index is 12.5. The van der Waals surface area contributed by atoms with Crippen molar-refractivity contribution in [3.8, 4) is 5.69 Å². The van der Waals surface area contributed by atoms with Gasteiger partial charge in [-0.05, 0) is 36.4 Å². The number of carbonyl (C=O) groups is 1. The zero-order valence-corrected chi connectivity index (χ0v) is 17.8. The molecular weight excluding hydrogens is 420 g/mol.